The first kappa shape index (κ1) is 21.9. The minimum absolute atomic E-state index is 0.131. The zero-order chi connectivity index (χ0) is 23.9. The fourth-order valence-corrected chi connectivity index (χ4v) is 4.73. The molecule has 0 unspecified atom stereocenters. The van der Waals surface area contributed by atoms with E-state index in [9.17, 15) is 14.4 Å². The second-order valence-electron chi connectivity index (χ2n) is 8.96. The average Bonchev–Trinajstić information content (AvgIpc) is 3.40. The van der Waals surface area contributed by atoms with Gasteiger partial charge in [0.05, 0.1) is 11.3 Å². The highest BCUT2D eigenvalue weighted by atomic mass is 16.2. The number of imide groups is 1. The summed E-state index contributed by atoms with van der Waals surface area (Å²) in [5, 5.41) is 9.88. The number of hydrogen-bond acceptors (Lipinski definition) is 4. The van der Waals surface area contributed by atoms with Crippen molar-refractivity contribution >= 4 is 17.8 Å². The number of amides is 4. The van der Waals surface area contributed by atoms with Gasteiger partial charge in [0.25, 0.3) is 11.8 Å². The maximum Gasteiger partial charge on any atom is 0.322 e. The third kappa shape index (κ3) is 3.75. The number of nitrogens with one attached hydrogen (secondary N) is 2. The summed E-state index contributed by atoms with van der Waals surface area (Å²) in [5.74, 6) is -0.442. The van der Waals surface area contributed by atoms with E-state index in [0.717, 1.165) is 23.2 Å². The Labute approximate surface area is 197 Å². The van der Waals surface area contributed by atoms with Gasteiger partial charge in [0.1, 0.15) is 11.2 Å². The van der Waals surface area contributed by atoms with Crippen LogP contribution in [0.4, 0.5) is 4.79 Å². The minimum atomic E-state index is -0.919. The number of para-hydroxylation sites is 1. The summed E-state index contributed by atoms with van der Waals surface area (Å²) < 4.78 is 1.77. The SMILES string of the molecule is CCc1ccc(-c2nn(-c3ccccc3C)cc2C(=O)N2CCC3(CC2)NC(=O)NC3=O)cc1. The summed E-state index contributed by atoms with van der Waals surface area (Å²) in [6.45, 7) is 4.86. The van der Waals surface area contributed by atoms with E-state index in [2.05, 4.69) is 29.7 Å². The number of likely N-dealkylation sites (tertiary alicyclic amines) is 1. The van der Waals surface area contributed by atoms with Crippen molar-refractivity contribution in [2.75, 3.05) is 13.1 Å². The molecule has 1 aromatic heterocycles. The van der Waals surface area contributed by atoms with Gasteiger partial charge in [-0.3, -0.25) is 14.9 Å². The van der Waals surface area contributed by atoms with Crippen molar-refractivity contribution in [3.8, 4) is 16.9 Å². The number of benzene rings is 2. The lowest BCUT2D eigenvalue weighted by Crippen LogP contribution is -2.55. The van der Waals surface area contributed by atoms with Gasteiger partial charge in [-0.1, -0.05) is 49.4 Å². The Bertz CT molecular complexity index is 1270. The fraction of sp³-hybridized carbons (Fsp3) is 0.308. The van der Waals surface area contributed by atoms with E-state index in [0.29, 0.717) is 37.2 Å². The summed E-state index contributed by atoms with van der Waals surface area (Å²) in [7, 11) is 0. The van der Waals surface area contributed by atoms with Gasteiger partial charge in [0.2, 0.25) is 0 Å². The average molecular weight is 458 g/mol. The van der Waals surface area contributed by atoms with E-state index in [1.807, 2.05) is 43.3 Å². The summed E-state index contributed by atoms with van der Waals surface area (Å²) in [5.41, 5.74) is 4.29. The Morgan fingerprint density at radius 2 is 1.76 bits per heavy atom. The van der Waals surface area contributed by atoms with Crippen molar-refractivity contribution in [3.05, 3.63) is 71.4 Å². The van der Waals surface area contributed by atoms with Crippen LogP contribution in [0.1, 0.15) is 41.3 Å². The molecule has 1 spiro atoms. The van der Waals surface area contributed by atoms with Crippen LogP contribution in [0.2, 0.25) is 0 Å². The number of carbonyl (C=O) groups excluding carboxylic acids is 3. The van der Waals surface area contributed by atoms with Crippen molar-refractivity contribution in [1.82, 2.24) is 25.3 Å². The zero-order valence-corrected chi connectivity index (χ0v) is 19.3. The highest BCUT2D eigenvalue weighted by molar-refractivity contribution is 6.07. The first-order chi connectivity index (χ1) is 16.4. The van der Waals surface area contributed by atoms with Gasteiger partial charge in [-0.25, -0.2) is 9.48 Å². The molecule has 0 aliphatic carbocycles. The Morgan fingerprint density at radius 3 is 2.38 bits per heavy atom. The Hall–Kier alpha value is -3.94. The number of aromatic nitrogens is 2. The first-order valence-electron chi connectivity index (χ1n) is 11.6. The van der Waals surface area contributed by atoms with Crippen LogP contribution in [0.15, 0.2) is 54.7 Å². The van der Waals surface area contributed by atoms with Gasteiger partial charge in [0, 0.05) is 24.8 Å². The number of carbonyl (C=O) groups is 3. The molecule has 2 aliphatic heterocycles. The van der Waals surface area contributed by atoms with Gasteiger partial charge < -0.3 is 10.2 Å². The normalized spacial score (nSPS) is 17.1. The molecule has 0 atom stereocenters. The van der Waals surface area contributed by atoms with Crippen LogP contribution in [0.3, 0.4) is 0 Å². The second kappa shape index (κ2) is 8.44. The van der Waals surface area contributed by atoms with Crippen molar-refractivity contribution in [2.45, 2.75) is 38.6 Å². The molecule has 2 saturated heterocycles. The minimum Gasteiger partial charge on any atom is -0.338 e. The number of rotatable bonds is 4. The van der Waals surface area contributed by atoms with E-state index < -0.39 is 11.6 Å². The molecule has 5 rings (SSSR count). The largest absolute Gasteiger partial charge is 0.338 e. The molecule has 0 bridgehead atoms. The lowest BCUT2D eigenvalue weighted by molar-refractivity contribution is -0.125. The van der Waals surface area contributed by atoms with Crippen LogP contribution in [-0.4, -0.2) is 51.2 Å². The fourth-order valence-electron chi connectivity index (χ4n) is 4.73. The van der Waals surface area contributed by atoms with E-state index in [4.69, 9.17) is 5.10 Å². The van der Waals surface area contributed by atoms with E-state index in [1.54, 1.807) is 15.8 Å². The number of nitrogens with zero attached hydrogens (tertiary/aromatic N) is 3. The molecule has 0 saturated carbocycles. The van der Waals surface area contributed by atoms with Crippen LogP contribution in [0.25, 0.3) is 16.9 Å². The predicted octanol–water partition coefficient (Wildman–Crippen LogP) is 3.22. The topological polar surface area (TPSA) is 96.3 Å². The molecule has 2 aliphatic rings. The molecule has 2 fully saturated rings. The van der Waals surface area contributed by atoms with Crippen LogP contribution < -0.4 is 10.6 Å². The predicted molar refractivity (Wildman–Crippen MR) is 128 cm³/mol. The quantitative estimate of drug-likeness (QED) is 0.588. The maximum absolute atomic E-state index is 13.7. The lowest BCUT2D eigenvalue weighted by Gasteiger charge is -2.36. The molecule has 8 heteroatoms. The number of urea groups is 1. The van der Waals surface area contributed by atoms with Crippen molar-refractivity contribution in [1.29, 1.82) is 0 Å². The van der Waals surface area contributed by atoms with E-state index >= 15 is 0 Å². The van der Waals surface area contributed by atoms with Crippen LogP contribution >= 0.6 is 0 Å². The third-order valence-electron chi connectivity index (χ3n) is 6.86. The molecule has 174 valence electrons. The molecule has 3 aromatic rings. The van der Waals surface area contributed by atoms with Gasteiger partial charge in [-0.15, -0.1) is 0 Å². The van der Waals surface area contributed by atoms with Crippen LogP contribution in [0, 0.1) is 6.92 Å². The smallest absolute Gasteiger partial charge is 0.322 e. The number of aryl methyl sites for hydroxylation is 2. The Kier molecular flexibility index (Phi) is 5.43. The van der Waals surface area contributed by atoms with Crippen molar-refractivity contribution in [2.24, 2.45) is 0 Å². The molecule has 0 radical (unpaired) electrons. The third-order valence-corrected chi connectivity index (χ3v) is 6.86. The highest BCUT2D eigenvalue weighted by Gasteiger charge is 2.48. The van der Waals surface area contributed by atoms with Gasteiger partial charge in [-0.2, -0.15) is 5.10 Å². The van der Waals surface area contributed by atoms with Gasteiger partial charge in [0.15, 0.2) is 0 Å². The summed E-state index contributed by atoms with van der Waals surface area (Å²) in [6, 6.07) is 15.6. The van der Waals surface area contributed by atoms with Crippen LogP contribution in [-0.2, 0) is 11.2 Å². The van der Waals surface area contributed by atoms with Gasteiger partial charge >= 0.3 is 6.03 Å². The highest BCUT2D eigenvalue weighted by Crippen LogP contribution is 2.30. The first-order valence-corrected chi connectivity index (χ1v) is 11.6. The zero-order valence-electron chi connectivity index (χ0n) is 19.3. The summed E-state index contributed by atoms with van der Waals surface area (Å²) in [4.78, 5) is 39.3. The van der Waals surface area contributed by atoms with E-state index in [-0.39, 0.29) is 11.8 Å². The number of piperidine rings is 1. The number of hydrogen-bond donors (Lipinski definition) is 2. The maximum atomic E-state index is 13.7. The van der Waals surface area contributed by atoms with E-state index in [1.165, 1.54) is 5.56 Å². The molecule has 34 heavy (non-hydrogen) atoms. The van der Waals surface area contributed by atoms with Crippen LogP contribution in [0.5, 0.6) is 0 Å². The second-order valence-corrected chi connectivity index (χ2v) is 8.96. The Balaban J connectivity index is 1.48. The molecule has 4 amide bonds. The molecular formula is C26H27N5O3. The molecular weight excluding hydrogens is 430 g/mol. The van der Waals surface area contributed by atoms with Gasteiger partial charge in [-0.05, 0) is 43.4 Å². The van der Waals surface area contributed by atoms with Crippen molar-refractivity contribution < 1.29 is 14.4 Å². The van der Waals surface area contributed by atoms with Crippen molar-refractivity contribution in [3.63, 3.8) is 0 Å². The molecule has 3 heterocycles. The summed E-state index contributed by atoms with van der Waals surface area (Å²) >= 11 is 0. The molecule has 8 nitrogen and oxygen atoms in total. The molecule has 2 N–H and O–H groups in total. The molecule has 2 aromatic carbocycles. The standard InChI is InChI=1S/C26H27N5O3/c1-3-18-8-10-19(11-9-18)22-20(16-31(29-22)21-7-5-4-6-17(21)2)23(32)30-14-12-26(13-15-30)24(33)27-25(34)28-26/h4-11,16H,3,12-15H2,1-2H3,(H2,27,28,33,34). The Morgan fingerprint density at radius 1 is 1.06 bits per heavy atom. The lowest BCUT2D eigenvalue weighted by atomic mass is 9.87. The summed E-state index contributed by atoms with van der Waals surface area (Å²) in [6.07, 6.45) is 3.48. The monoisotopic (exact) mass is 457 g/mol.